The monoisotopic (exact) mass is 714 g/mol. The van der Waals surface area contributed by atoms with Crippen molar-refractivity contribution in [1.29, 1.82) is 0 Å². The first-order chi connectivity index (χ1) is 25.0. The van der Waals surface area contributed by atoms with Gasteiger partial charge in [0, 0.05) is 45.2 Å². The van der Waals surface area contributed by atoms with E-state index in [4.69, 9.17) is 14.2 Å². The van der Waals surface area contributed by atoms with Gasteiger partial charge in [-0.2, -0.15) is 0 Å². The van der Waals surface area contributed by atoms with Gasteiger partial charge in [0.1, 0.15) is 5.60 Å². The van der Waals surface area contributed by atoms with E-state index in [1.54, 1.807) is 20.2 Å². The highest BCUT2D eigenvalue weighted by Gasteiger charge is 2.47. The van der Waals surface area contributed by atoms with Crippen LogP contribution in [0.15, 0.2) is 47.5 Å². The summed E-state index contributed by atoms with van der Waals surface area (Å²) in [6.07, 6.45) is 11.9. The maximum Gasteiger partial charge on any atom is 0.207 e. The molecule has 1 aliphatic heterocycles. The van der Waals surface area contributed by atoms with Gasteiger partial charge in [-0.25, -0.2) is 0 Å². The molecule has 5 rings (SSSR count). The molecule has 0 radical (unpaired) electrons. The number of anilines is 1. The number of aromatic hydroxyl groups is 2. The van der Waals surface area contributed by atoms with Crippen LogP contribution in [-0.4, -0.2) is 69.0 Å². The van der Waals surface area contributed by atoms with Crippen LogP contribution >= 0.6 is 0 Å². The highest BCUT2D eigenvalue weighted by molar-refractivity contribution is 5.97. The first kappa shape index (κ1) is 39.0. The van der Waals surface area contributed by atoms with Gasteiger partial charge in [0.25, 0.3) is 0 Å². The van der Waals surface area contributed by atoms with Crippen molar-refractivity contribution in [3.63, 3.8) is 0 Å². The third-order valence-electron chi connectivity index (χ3n) is 11.5. The quantitative estimate of drug-likeness (QED) is 0.129. The highest BCUT2D eigenvalue weighted by atomic mass is 16.5. The lowest BCUT2D eigenvalue weighted by Crippen LogP contribution is -2.42. The van der Waals surface area contributed by atoms with Crippen LogP contribution in [0.3, 0.4) is 0 Å². The molecule has 5 atom stereocenters. The standard InChI is InChI=1S/C42H58N4O6/c1-28(2)32-12-14-38(48)42(26-30-11-13-35(47)36(23-30)51-6)17-7-9-33(42)10-8-19-45-40(44-4)46-34-22-31(21-32)24-37(39(34)49)52-41(27-43-3)18-15-29(25-41)16-20-50-5/h11-14,22-24,28-29,32-33,43,47,49H,7,9-10,15-18,20-21,25-27H2,1-6H3,(H2,44,45,46). The molecular weight excluding hydrogens is 656 g/mol. The van der Waals surface area contributed by atoms with Crippen LogP contribution in [0, 0.1) is 41.1 Å². The van der Waals surface area contributed by atoms with E-state index in [9.17, 15) is 15.0 Å². The van der Waals surface area contributed by atoms with E-state index in [-0.39, 0.29) is 35.0 Å². The van der Waals surface area contributed by atoms with Gasteiger partial charge >= 0.3 is 0 Å². The van der Waals surface area contributed by atoms with Crippen molar-refractivity contribution in [3.8, 4) is 35.0 Å². The number of guanidine groups is 1. The number of phenolic OH excluding ortho intramolecular Hbond substituents is 2. The lowest BCUT2D eigenvalue weighted by molar-refractivity contribution is -0.125. The molecule has 52 heavy (non-hydrogen) atoms. The number of rotatable bonds is 11. The number of aliphatic imine (C=N–C) groups is 1. The average molecular weight is 715 g/mol. The molecule has 0 amide bonds. The van der Waals surface area contributed by atoms with Crippen LogP contribution in [0.25, 0.3) is 0 Å². The maximum atomic E-state index is 14.5. The number of ketones is 1. The minimum atomic E-state index is -0.636. The zero-order chi connectivity index (χ0) is 37.3. The summed E-state index contributed by atoms with van der Waals surface area (Å²) in [6.45, 7) is 5.71. The number of fused-ring (bicyclic) bond motifs is 3. The summed E-state index contributed by atoms with van der Waals surface area (Å²) >= 11 is 0. The Bertz CT molecular complexity index is 1680. The number of allylic oxidation sites excluding steroid dienone is 2. The first-order valence-corrected chi connectivity index (χ1v) is 18.8. The Morgan fingerprint density at radius 3 is 2.67 bits per heavy atom. The Balaban J connectivity index is 1.53. The first-order valence-electron chi connectivity index (χ1n) is 18.8. The molecule has 10 nitrogen and oxygen atoms in total. The molecule has 2 fully saturated rings. The number of phenols is 2. The van der Waals surface area contributed by atoms with Crippen LogP contribution in [-0.2, 0) is 22.4 Å². The van der Waals surface area contributed by atoms with Crippen LogP contribution in [0.5, 0.6) is 23.0 Å². The van der Waals surface area contributed by atoms with E-state index in [0.717, 1.165) is 56.1 Å². The van der Waals surface area contributed by atoms with Crippen molar-refractivity contribution in [2.75, 3.05) is 46.8 Å². The molecule has 5 unspecified atom stereocenters. The van der Waals surface area contributed by atoms with E-state index in [0.29, 0.717) is 61.5 Å². The predicted octanol–water partition coefficient (Wildman–Crippen LogP) is 6.60. The fraction of sp³-hybridized carbons (Fsp3) is 0.571. The Hall–Kier alpha value is -4.20. The topological polar surface area (TPSA) is 134 Å². The van der Waals surface area contributed by atoms with Crippen molar-refractivity contribution in [1.82, 2.24) is 10.6 Å². The molecule has 0 spiro atoms. The molecule has 0 aromatic heterocycles. The van der Waals surface area contributed by atoms with E-state index in [1.165, 1.54) is 7.11 Å². The summed E-state index contributed by atoms with van der Waals surface area (Å²) in [5, 5.41) is 31.7. The Kier molecular flexibility index (Phi) is 13.2. The van der Waals surface area contributed by atoms with E-state index in [2.05, 4.69) is 52.8 Å². The molecule has 1 heterocycles. The second-order valence-corrected chi connectivity index (χ2v) is 15.3. The summed E-state index contributed by atoms with van der Waals surface area (Å²) in [6, 6.07) is 12.3. The van der Waals surface area contributed by atoms with Gasteiger partial charge in [-0.05, 0) is 124 Å². The molecule has 2 saturated carbocycles. The molecule has 0 saturated heterocycles. The molecule has 2 bridgehead atoms. The van der Waals surface area contributed by atoms with Gasteiger partial charge in [0.15, 0.2) is 28.8 Å². The molecule has 282 valence electrons. The number of benzene rings is 2. The minimum absolute atomic E-state index is 0.0185. The van der Waals surface area contributed by atoms with Gasteiger partial charge < -0.3 is 35.1 Å². The third kappa shape index (κ3) is 9.05. The molecule has 10 heteroatoms. The zero-order valence-electron chi connectivity index (χ0n) is 31.8. The van der Waals surface area contributed by atoms with Crippen LogP contribution in [0.2, 0.25) is 0 Å². The number of hydrogen-bond acceptors (Lipinski definition) is 8. The predicted molar refractivity (Wildman–Crippen MR) is 206 cm³/mol. The molecule has 2 aromatic carbocycles. The average Bonchev–Trinajstić information content (AvgIpc) is 3.73. The number of likely N-dealkylation sites (N-methyl/N-ethyl adjacent to an activating group) is 1. The second-order valence-electron chi connectivity index (χ2n) is 15.3. The summed E-state index contributed by atoms with van der Waals surface area (Å²) in [5.41, 5.74) is 1.28. The van der Waals surface area contributed by atoms with E-state index in [1.807, 2.05) is 37.4 Å². The summed E-state index contributed by atoms with van der Waals surface area (Å²) < 4.78 is 17.6. The van der Waals surface area contributed by atoms with Crippen LogP contribution in [0.1, 0.15) is 76.3 Å². The van der Waals surface area contributed by atoms with E-state index < -0.39 is 11.0 Å². The number of carbonyl (C=O) groups is 1. The van der Waals surface area contributed by atoms with E-state index >= 15 is 0 Å². The van der Waals surface area contributed by atoms with Crippen molar-refractivity contribution in [2.45, 2.75) is 83.7 Å². The van der Waals surface area contributed by atoms with Gasteiger partial charge in [-0.1, -0.05) is 38.3 Å². The number of methoxy groups -OCH3 is 2. The van der Waals surface area contributed by atoms with Crippen molar-refractivity contribution < 1.29 is 29.2 Å². The highest BCUT2D eigenvalue weighted by Crippen LogP contribution is 2.49. The Labute approximate surface area is 309 Å². The van der Waals surface area contributed by atoms with Gasteiger partial charge in [-0.3, -0.25) is 15.1 Å². The number of hydrogen-bond donors (Lipinski definition) is 5. The normalized spacial score (nSPS) is 27.1. The summed E-state index contributed by atoms with van der Waals surface area (Å²) in [5.74, 6) is 5.51. The summed E-state index contributed by atoms with van der Waals surface area (Å²) in [4.78, 5) is 18.9. The van der Waals surface area contributed by atoms with Crippen molar-refractivity contribution in [3.05, 3.63) is 53.6 Å². The maximum absolute atomic E-state index is 14.5. The number of ether oxygens (including phenoxy) is 3. The Morgan fingerprint density at radius 1 is 1.12 bits per heavy atom. The summed E-state index contributed by atoms with van der Waals surface area (Å²) in [7, 11) is 6.87. The van der Waals surface area contributed by atoms with Crippen molar-refractivity contribution >= 4 is 17.4 Å². The third-order valence-corrected chi connectivity index (χ3v) is 11.5. The smallest absolute Gasteiger partial charge is 0.207 e. The zero-order valence-corrected chi connectivity index (χ0v) is 31.8. The molecule has 3 aliphatic rings. The number of carbonyl (C=O) groups excluding carboxylic acids is 1. The van der Waals surface area contributed by atoms with Gasteiger partial charge in [-0.15, -0.1) is 0 Å². The number of nitrogens with one attached hydrogen (secondary N) is 3. The lowest BCUT2D eigenvalue weighted by atomic mass is 9.68. The molecule has 5 N–H and O–H groups in total. The van der Waals surface area contributed by atoms with Gasteiger partial charge in [0.2, 0.25) is 5.96 Å². The van der Waals surface area contributed by atoms with Crippen LogP contribution in [0.4, 0.5) is 5.69 Å². The minimum Gasteiger partial charge on any atom is -0.504 e. The number of nitrogens with zero attached hydrogens (tertiary/aromatic N) is 1. The fourth-order valence-electron chi connectivity index (χ4n) is 8.53. The second kappa shape index (κ2) is 17.5. The SMILES string of the molecule is CN=C1NC#CCC2CCCC2(Cc2ccc(O)c(OC)c2)C(=O)C=CC(C(C)C)Cc2cc(c(O)c(OC3(CNC)CCC(CCOC)C3)c2)N1. The molecule has 2 aromatic rings. The van der Waals surface area contributed by atoms with Crippen LogP contribution < -0.4 is 25.4 Å². The fourth-order valence-corrected chi connectivity index (χ4v) is 8.53. The molecular formula is C42H58N4O6. The lowest BCUT2D eigenvalue weighted by Gasteiger charge is -2.33. The molecule has 2 aliphatic carbocycles. The van der Waals surface area contributed by atoms with Crippen molar-refractivity contribution in [2.24, 2.45) is 34.1 Å². The largest absolute Gasteiger partial charge is 0.504 e. The Morgan fingerprint density at radius 2 is 1.94 bits per heavy atom. The van der Waals surface area contributed by atoms with Gasteiger partial charge in [0.05, 0.1) is 12.8 Å².